The van der Waals surface area contributed by atoms with Gasteiger partial charge in [-0.3, -0.25) is 0 Å². The van der Waals surface area contributed by atoms with E-state index < -0.39 is 9.84 Å². The Balaban J connectivity index is 0.00000392. The molecule has 0 spiro atoms. The van der Waals surface area contributed by atoms with Gasteiger partial charge in [-0.1, -0.05) is 0 Å². The van der Waals surface area contributed by atoms with Crippen molar-refractivity contribution in [3.63, 3.8) is 0 Å². The SMILES string of the molecule is C[N+](C)(C)Cc1cc(S(=O)(=O)c2ccc(O)c(C[N+](C)(C)C)c2)ccc1O.[I-].[I-]. The molecule has 164 valence electrons. The van der Waals surface area contributed by atoms with Crippen molar-refractivity contribution in [1.82, 2.24) is 0 Å². The molecule has 2 aromatic carbocycles. The molecule has 0 radical (unpaired) electrons. The topological polar surface area (TPSA) is 74.6 Å². The van der Waals surface area contributed by atoms with Crippen LogP contribution >= 0.6 is 0 Å². The van der Waals surface area contributed by atoms with Gasteiger partial charge in [0.2, 0.25) is 9.84 Å². The fourth-order valence-corrected chi connectivity index (χ4v) is 4.23. The van der Waals surface area contributed by atoms with Crippen LogP contribution in [0.15, 0.2) is 46.2 Å². The molecule has 6 nitrogen and oxygen atoms in total. The zero-order valence-electron chi connectivity index (χ0n) is 17.6. The quantitative estimate of drug-likeness (QED) is 0.251. The lowest BCUT2D eigenvalue weighted by Crippen LogP contribution is -3.00. The summed E-state index contributed by atoms with van der Waals surface area (Å²) in [6.45, 7) is 0.995. The van der Waals surface area contributed by atoms with Crippen LogP contribution in [0.1, 0.15) is 11.1 Å². The summed E-state index contributed by atoms with van der Waals surface area (Å²) in [5.74, 6) is 0.164. The predicted molar refractivity (Wildman–Crippen MR) is 105 cm³/mol. The van der Waals surface area contributed by atoms with Gasteiger partial charge in [-0.15, -0.1) is 0 Å². The summed E-state index contributed by atoms with van der Waals surface area (Å²) < 4.78 is 27.4. The summed E-state index contributed by atoms with van der Waals surface area (Å²) in [4.78, 5) is 0.260. The van der Waals surface area contributed by atoms with Crippen molar-refractivity contribution < 1.29 is 75.6 Å². The molecule has 0 aliphatic heterocycles. The summed E-state index contributed by atoms with van der Waals surface area (Å²) >= 11 is 0. The number of hydrogen-bond donors (Lipinski definition) is 2. The lowest BCUT2D eigenvalue weighted by atomic mass is 10.2. The molecule has 0 bridgehead atoms. The van der Waals surface area contributed by atoms with E-state index in [0.717, 1.165) is 0 Å². The summed E-state index contributed by atoms with van der Waals surface area (Å²) in [6, 6.07) is 8.73. The molecule has 0 saturated carbocycles. The molecule has 0 heterocycles. The average Bonchev–Trinajstić information content (AvgIpc) is 2.48. The van der Waals surface area contributed by atoms with Crippen molar-refractivity contribution in [3.05, 3.63) is 47.5 Å². The van der Waals surface area contributed by atoms with E-state index >= 15 is 0 Å². The third kappa shape index (κ3) is 7.85. The summed E-state index contributed by atoms with van der Waals surface area (Å²) in [6.07, 6.45) is 0. The van der Waals surface area contributed by atoms with Crippen molar-refractivity contribution in [2.24, 2.45) is 0 Å². The Morgan fingerprint density at radius 3 is 1.28 bits per heavy atom. The van der Waals surface area contributed by atoms with E-state index in [9.17, 15) is 18.6 Å². The van der Waals surface area contributed by atoms with E-state index in [2.05, 4.69) is 0 Å². The molecule has 0 aliphatic carbocycles. The normalized spacial score (nSPS) is 12.1. The predicted octanol–water partition coefficient (Wildman–Crippen LogP) is -3.65. The average molecular weight is 648 g/mol. The van der Waals surface area contributed by atoms with E-state index in [-0.39, 0.29) is 69.2 Å². The number of rotatable bonds is 6. The molecule has 0 fully saturated rings. The second-order valence-electron chi connectivity index (χ2n) is 8.98. The first-order valence-corrected chi connectivity index (χ1v) is 10.2. The molecule has 0 atom stereocenters. The first kappa shape index (κ1) is 28.4. The second-order valence-corrected chi connectivity index (χ2v) is 10.9. The monoisotopic (exact) mass is 648 g/mol. The Kier molecular flexibility index (Phi) is 9.90. The van der Waals surface area contributed by atoms with Crippen LogP contribution < -0.4 is 48.0 Å². The molecule has 9 heteroatoms. The van der Waals surface area contributed by atoms with Crippen LogP contribution in [0, 0.1) is 0 Å². The maximum Gasteiger partial charge on any atom is 0.206 e. The third-order valence-corrected chi connectivity index (χ3v) is 5.76. The van der Waals surface area contributed by atoms with Gasteiger partial charge >= 0.3 is 0 Å². The van der Waals surface area contributed by atoms with Crippen molar-refractivity contribution in [2.45, 2.75) is 22.9 Å². The number of phenols is 2. The van der Waals surface area contributed by atoms with Crippen LogP contribution in [0.4, 0.5) is 0 Å². The Labute approximate surface area is 208 Å². The van der Waals surface area contributed by atoms with Crippen LogP contribution in [-0.4, -0.2) is 69.9 Å². The molecular weight excluding hydrogens is 618 g/mol. The lowest BCUT2D eigenvalue weighted by Gasteiger charge is -2.25. The molecule has 0 aliphatic rings. The first-order valence-electron chi connectivity index (χ1n) is 8.69. The number of nitrogens with zero attached hydrogens (tertiary/aromatic N) is 2. The van der Waals surface area contributed by atoms with Gasteiger partial charge in [0.25, 0.3) is 0 Å². The molecule has 2 aromatic rings. The highest BCUT2D eigenvalue weighted by Crippen LogP contribution is 2.30. The molecular formula is C20H30I2N2O4S. The van der Waals surface area contributed by atoms with Gasteiger partial charge in [-0.25, -0.2) is 8.42 Å². The minimum atomic E-state index is -3.76. The molecule has 0 saturated heterocycles. The number of phenolic OH excluding ortho intramolecular Hbond substituents is 2. The third-order valence-electron chi connectivity index (χ3n) is 4.01. The van der Waals surface area contributed by atoms with E-state index in [1.165, 1.54) is 36.4 Å². The number of hydrogen-bond acceptors (Lipinski definition) is 4. The van der Waals surface area contributed by atoms with E-state index in [1.54, 1.807) is 0 Å². The van der Waals surface area contributed by atoms with E-state index in [1.807, 2.05) is 42.3 Å². The molecule has 0 aromatic heterocycles. The first-order chi connectivity index (χ1) is 12.2. The number of quaternary nitrogens is 2. The molecule has 0 amide bonds. The number of halogens is 2. The molecule has 2 rings (SSSR count). The van der Waals surface area contributed by atoms with Crippen LogP contribution in [0.3, 0.4) is 0 Å². The van der Waals surface area contributed by atoms with Crippen LogP contribution in [0.5, 0.6) is 11.5 Å². The van der Waals surface area contributed by atoms with Crippen LogP contribution in [-0.2, 0) is 22.9 Å². The Hall–Kier alpha value is -0.630. The summed E-state index contributed by atoms with van der Waals surface area (Å²) in [5, 5.41) is 20.2. The van der Waals surface area contributed by atoms with E-state index in [0.29, 0.717) is 33.2 Å². The van der Waals surface area contributed by atoms with Gasteiger partial charge in [0.15, 0.2) is 0 Å². The molecule has 0 unspecified atom stereocenters. The fraction of sp³-hybridized carbons (Fsp3) is 0.400. The van der Waals surface area contributed by atoms with Gasteiger partial charge in [0.05, 0.1) is 52.1 Å². The van der Waals surface area contributed by atoms with Crippen LogP contribution in [0.2, 0.25) is 0 Å². The molecule has 29 heavy (non-hydrogen) atoms. The number of sulfone groups is 1. The zero-order valence-corrected chi connectivity index (χ0v) is 22.8. The van der Waals surface area contributed by atoms with Crippen molar-refractivity contribution >= 4 is 9.84 Å². The summed E-state index contributed by atoms with van der Waals surface area (Å²) in [5.41, 5.74) is 1.16. The molecule has 2 N–H and O–H groups in total. The largest absolute Gasteiger partial charge is 1.00 e. The smallest absolute Gasteiger partial charge is 0.206 e. The van der Waals surface area contributed by atoms with Gasteiger partial charge in [0.1, 0.15) is 24.6 Å². The number of aromatic hydroxyl groups is 2. The minimum Gasteiger partial charge on any atom is -1.00 e. The standard InChI is InChI=1S/C20H28N2O4S.2HI/c1-21(2,3)13-15-11-17(7-9-19(15)23)27(25,26)18-8-10-20(24)16(12-18)14-22(4,5)6;;/h7-12H,13-14H2,1-6H3;2*1H. The highest BCUT2D eigenvalue weighted by Gasteiger charge is 2.23. The highest BCUT2D eigenvalue weighted by atomic mass is 127. The second kappa shape index (κ2) is 10.1. The number of benzene rings is 2. The Morgan fingerprint density at radius 2 is 1.00 bits per heavy atom. The van der Waals surface area contributed by atoms with Gasteiger partial charge in [-0.05, 0) is 36.4 Å². The fourth-order valence-electron chi connectivity index (χ4n) is 2.87. The maximum atomic E-state index is 13.1. The Bertz CT molecular complexity index is 878. The lowest BCUT2D eigenvalue weighted by molar-refractivity contribution is -0.884. The van der Waals surface area contributed by atoms with Crippen LogP contribution in [0.25, 0.3) is 0 Å². The zero-order chi connectivity index (χ0) is 20.6. The summed E-state index contributed by atoms with van der Waals surface area (Å²) in [7, 11) is 8.05. The van der Waals surface area contributed by atoms with Crippen molar-refractivity contribution in [1.29, 1.82) is 0 Å². The van der Waals surface area contributed by atoms with Crippen molar-refractivity contribution in [3.8, 4) is 11.5 Å². The highest BCUT2D eigenvalue weighted by molar-refractivity contribution is 7.91. The van der Waals surface area contributed by atoms with Gasteiger partial charge < -0.3 is 67.1 Å². The Morgan fingerprint density at radius 1 is 0.690 bits per heavy atom. The van der Waals surface area contributed by atoms with Gasteiger partial charge in [0, 0.05) is 11.1 Å². The van der Waals surface area contributed by atoms with E-state index in [4.69, 9.17) is 0 Å². The van der Waals surface area contributed by atoms with Gasteiger partial charge in [-0.2, -0.15) is 0 Å². The van der Waals surface area contributed by atoms with Crippen molar-refractivity contribution in [2.75, 3.05) is 42.3 Å². The minimum absolute atomic E-state index is 0. The maximum absolute atomic E-state index is 13.1.